The van der Waals surface area contributed by atoms with Crippen molar-refractivity contribution in [3.63, 3.8) is 0 Å². The molecule has 0 heterocycles. The van der Waals surface area contributed by atoms with Gasteiger partial charge in [-0.05, 0) is 92.4 Å². The molecule has 1 aromatic rings. The molecule has 0 atom stereocenters. The van der Waals surface area contributed by atoms with E-state index in [1.807, 2.05) is 0 Å². The number of hydrogen-bond donors (Lipinski definition) is 0. The molecule has 0 spiro atoms. The highest BCUT2D eigenvalue weighted by Crippen LogP contribution is 2.40. The van der Waals surface area contributed by atoms with Gasteiger partial charge in [-0.15, -0.1) is 0 Å². The lowest BCUT2D eigenvalue weighted by atomic mass is 9.76. The van der Waals surface area contributed by atoms with Crippen molar-refractivity contribution in [1.82, 2.24) is 0 Å². The van der Waals surface area contributed by atoms with E-state index in [4.69, 9.17) is 4.74 Å². The van der Waals surface area contributed by atoms with Crippen LogP contribution in [0.15, 0.2) is 18.2 Å². The number of rotatable bonds is 14. The Morgan fingerprint density at radius 3 is 1.94 bits per heavy atom. The Labute approximate surface area is 206 Å². The van der Waals surface area contributed by atoms with Crippen LogP contribution in [0.25, 0.3) is 0 Å². The molecule has 0 aliphatic heterocycles. The third-order valence-corrected chi connectivity index (χ3v) is 8.89. The number of aryl methyl sites for hydroxylation is 1. The zero-order valence-electron chi connectivity index (χ0n) is 22.4. The third-order valence-electron chi connectivity index (χ3n) is 8.89. The van der Waals surface area contributed by atoms with Crippen molar-refractivity contribution in [2.24, 2.45) is 17.8 Å². The second-order valence-electron chi connectivity index (χ2n) is 11.6. The molecule has 3 rings (SSSR count). The zero-order valence-corrected chi connectivity index (χ0v) is 22.4. The normalized spacial score (nSPS) is 25.8. The lowest BCUT2D eigenvalue weighted by Gasteiger charge is -2.30. The van der Waals surface area contributed by atoms with Gasteiger partial charge in [-0.3, -0.25) is 0 Å². The van der Waals surface area contributed by atoms with Crippen LogP contribution in [0.3, 0.4) is 0 Å². The lowest BCUT2D eigenvalue weighted by molar-refractivity contribution is 0.178. The fourth-order valence-electron chi connectivity index (χ4n) is 6.66. The van der Waals surface area contributed by atoms with E-state index in [0.717, 1.165) is 36.0 Å². The molecule has 0 unspecified atom stereocenters. The maximum Gasteiger partial charge on any atom is 0.119 e. The van der Waals surface area contributed by atoms with Crippen molar-refractivity contribution in [1.29, 1.82) is 0 Å². The number of ether oxygens (including phenoxy) is 1. The van der Waals surface area contributed by atoms with Crippen LogP contribution in [0.4, 0.5) is 0 Å². The molecule has 0 N–H and O–H groups in total. The summed E-state index contributed by atoms with van der Waals surface area (Å²) in [5.74, 6) is 4.62. The van der Waals surface area contributed by atoms with Crippen molar-refractivity contribution in [2.75, 3.05) is 6.61 Å². The van der Waals surface area contributed by atoms with Gasteiger partial charge in [0.25, 0.3) is 0 Å². The molecular weight excluding hydrogens is 400 g/mol. The Morgan fingerprint density at radius 1 is 0.667 bits per heavy atom. The Hall–Kier alpha value is -0.980. The predicted octanol–water partition coefficient (Wildman–Crippen LogP) is 10.4. The fourth-order valence-corrected chi connectivity index (χ4v) is 6.66. The Morgan fingerprint density at radius 2 is 1.27 bits per heavy atom. The highest BCUT2D eigenvalue weighted by Gasteiger charge is 2.24. The molecule has 0 bridgehead atoms. The summed E-state index contributed by atoms with van der Waals surface area (Å²) in [4.78, 5) is 0. The molecule has 1 aromatic carbocycles. The number of benzene rings is 1. The molecule has 0 saturated heterocycles. The second kappa shape index (κ2) is 15.1. The molecule has 2 aliphatic carbocycles. The lowest BCUT2D eigenvalue weighted by Crippen LogP contribution is -2.20. The SMILES string of the molecule is CCCCCCCCCC1CCC(c2ccc(OCC3CCC(CCC)CC3)cc2C)CC1. The van der Waals surface area contributed by atoms with Crippen LogP contribution in [0.5, 0.6) is 5.75 Å². The quantitative estimate of drug-likeness (QED) is 0.254. The standard InChI is InChI=1S/C32H54O/c1-4-6-7-8-9-10-11-13-28-18-20-30(21-19-28)32-23-22-31(24-26(32)3)33-25-29-16-14-27(12-5-2)15-17-29/h22-24,27-30H,4-21,25H2,1-3H3. The third kappa shape index (κ3) is 9.29. The largest absolute Gasteiger partial charge is 0.493 e. The van der Waals surface area contributed by atoms with E-state index in [2.05, 4.69) is 39.0 Å². The van der Waals surface area contributed by atoms with Gasteiger partial charge in [-0.1, -0.05) is 97.0 Å². The molecule has 188 valence electrons. The topological polar surface area (TPSA) is 9.23 Å². The molecule has 1 heteroatoms. The summed E-state index contributed by atoms with van der Waals surface area (Å²) >= 11 is 0. The molecule has 0 radical (unpaired) electrons. The summed E-state index contributed by atoms with van der Waals surface area (Å²) in [6.45, 7) is 7.86. The number of hydrogen-bond acceptors (Lipinski definition) is 1. The van der Waals surface area contributed by atoms with Crippen LogP contribution in [-0.2, 0) is 0 Å². The first-order valence-corrected chi connectivity index (χ1v) is 14.9. The molecule has 33 heavy (non-hydrogen) atoms. The van der Waals surface area contributed by atoms with Gasteiger partial charge in [0.05, 0.1) is 6.61 Å². The predicted molar refractivity (Wildman–Crippen MR) is 144 cm³/mol. The van der Waals surface area contributed by atoms with Gasteiger partial charge in [-0.25, -0.2) is 0 Å². The molecule has 2 saturated carbocycles. The summed E-state index contributed by atoms with van der Waals surface area (Å²) in [6.07, 6.45) is 25.6. The Balaban J connectivity index is 1.33. The van der Waals surface area contributed by atoms with Crippen molar-refractivity contribution < 1.29 is 4.74 Å². The van der Waals surface area contributed by atoms with Gasteiger partial charge >= 0.3 is 0 Å². The Kier molecular flexibility index (Phi) is 12.2. The van der Waals surface area contributed by atoms with Crippen LogP contribution >= 0.6 is 0 Å². The monoisotopic (exact) mass is 454 g/mol. The van der Waals surface area contributed by atoms with Gasteiger partial charge in [0.15, 0.2) is 0 Å². The smallest absolute Gasteiger partial charge is 0.119 e. The van der Waals surface area contributed by atoms with Crippen molar-refractivity contribution >= 4 is 0 Å². The minimum Gasteiger partial charge on any atom is -0.493 e. The van der Waals surface area contributed by atoms with E-state index in [1.54, 1.807) is 5.56 Å². The molecule has 2 aliphatic rings. The minimum atomic E-state index is 0.768. The number of unbranched alkanes of at least 4 members (excludes halogenated alkanes) is 6. The maximum atomic E-state index is 6.27. The first-order chi connectivity index (χ1) is 16.2. The van der Waals surface area contributed by atoms with Gasteiger partial charge in [0, 0.05) is 0 Å². The summed E-state index contributed by atoms with van der Waals surface area (Å²) in [5.41, 5.74) is 3.05. The molecule has 0 amide bonds. The summed E-state index contributed by atoms with van der Waals surface area (Å²) in [7, 11) is 0. The Bertz CT molecular complexity index is 634. The first kappa shape index (κ1) is 26.6. The van der Waals surface area contributed by atoms with Gasteiger partial charge < -0.3 is 4.74 Å². The van der Waals surface area contributed by atoms with Crippen LogP contribution in [0.2, 0.25) is 0 Å². The average molecular weight is 455 g/mol. The van der Waals surface area contributed by atoms with Crippen molar-refractivity contribution in [2.45, 2.75) is 142 Å². The van der Waals surface area contributed by atoms with Crippen LogP contribution in [-0.4, -0.2) is 6.61 Å². The van der Waals surface area contributed by atoms with E-state index in [0.29, 0.717) is 0 Å². The van der Waals surface area contributed by atoms with E-state index in [9.17, 15) is 0 Å². The van der Waals surface area contributed by atoms with Crippen molar-refractivity contribution in [3.05, 3.63) is 29.3 Å². The zero-order chi connectivity index (χ0) is 23.3. The van der Waals surface area contributed by atoms with Crippen LogP contribution < -0.4 is 4.74 Å². The highest BCUT2D eigenvalue weighted by atomic mass is 16.5. The summed E-state index contributed by atoms with van der Waals surface area (Å²) in [6, 6.07) is 6.97. The van der Waals surface area contributed by atoms with E-state index >= 15 is 0 Å². The minimum absolute atomic E-state index is 0.768. The summed E-state index contributed by atoms with van der Waals surface area (Å²) < 4.78 is 6.27. The first-order valence-electron chi connectivity index (χ1n) is 14.9. The highest BCUT2D eigenvalue weighted by molar-refractivity contribution is 5.37. The van der Waals surface area contributed by atoms with Gasteiger partial charge in [0.1, 0.15) is 5.75 Å². The van der Waals surface area contributed by atoms with Crippen LogP contribution in [0, 0.1) is 24.7 Å². The van der Waals surface area contributed by atoms with E-state index < -0.39 is 0 Å². The average Bonchev–Trinajstić information content (AvgIpc) is 2.84. The van der Waals surface area contributed by atoms with Gasteiger partial charge in [-0.2, -0.15) is 0 Å². The molecule has 2 fully saturated rings. The maximum absolute atomic E-state index is 6.27. The molecule has 1 nitrogen and oxygen atoms in total. The summed E-state index contributed by atoms with van der Waals surface area (Å²) in [5, 5.41) is 0. The molecular formula is C32H54O. The molecule has 0 aromatic heterocycles. The second-order valence-corrected chi connectivity index (χ2v) is 11.6. The van der Waals surface area contributed by atoms with E-state index in [1.165, 1.54) is 121 Å². The van der Waals surface area contributed by atoms with Crippen LogP contribution in [0.1, 0.15) is 146 Å². The van der Waals surface area contributed by atoms with Crippen molar-refractivity contribution in [3.8, 4) is 5.75 Å². The van der Waals surface area contributed by atoms with Gasteiger partial charge in [0.2, 0.25) is 0 Å². The fraction of sp³-hybridized carbons (Fsp3) is 0.812. The van der Waals surface area contributed by atoms with E-state index in [-0.39, 0.29) is 0 Å².